The fourth-order valence-corrected chi connectivity index (χ4v) is 0. The van der Waals surface area contributed by atoms with Crippen LogP contribution in [-0.2, 0) is 0 Å². The highest BCUT2D eigenvalue weighted by molar-refractivity contribution is 7.64. The summed E-state index contributed by atoms with van der Waals surface area (Å²) in [4.78, 5) is 0. The molecule has 0 aliphatic rings. The van der Waals surface area contributed by atoms with E-state index in [1.807, 2.05) is 0 Å². The van der Waals surface area contributed by atoms with Gasteiger partial charge in [-0.1, -0.05) is 0 Å². The van der Waals surface area contributed by atoms with E-state index in [0.29, 0.717) is 0 Å². The average Bonchev–Trinajstić information content (AvgIpc) is 1.19. The molecular weight excluding hydrogens is 281 g/mol. The molecule has 0 aliphatic carbocycles. The molecular formula is CH4Cl6Si2. The molecule has 0 radical (unpaired) electrons. The smallest absolute Gasteiger partial charge is 0.130 e. The molecule has 0 nitrogen and oxygen atoms in total. The molecule has 8 heteroatoms. The molecule has 0 rings (SSSR count). The molecule has 0 fully saturated rings. The number of rotatable bonds is 0. The van der Waals surface area contributed by atoms with E-state index in [-0.39, 0.29) is 0 Å². The summed E-state index contributed by atoms with van der Waals surface area (Å²) in [7, 11) is 0. The first-order valence-corrected chi connectivity index (χ1v) is 12.5. The Morgan fingerprint density at radius 1 is 1.00 bits per heavy atom. The summed E-state index contributed by atoms with van der Waals surface area (Å²) >= 11 is 30.4. The first-order chi connectivity index (χ1) is 3.73. The zero-order chi connectivity index (χ0) is 8.08. The molecule has 0 saturated carbocycles. The average molecular weight is 285 g/mol. The maximum atomic E-state index is 5.20. The molecule has 0 spiro atoms. The van der Waals surface area contributed by atoms with E-state index < -0.39 is 12.7 Å². The molecule has 0 unspecified atom stereocenters. The largest absolute Gasteiger partial charge is 0.338 e. The van der Waals surface area contributed by atoms with Gasteiger partial charge in [0.1, 0.15) is 0 Å². The molecule has 0 N–H and O–H groups in total. The summed E-state index contributed by atoms with van der Waals surface area (Å²) in [6, 6.07) is -2.19. The van der Waals surface area contributed by atoms with Gasteiger partial charge >= 0.3 is 12.7 Å². The van der Waals surface area contributed by atoms with Gasteiger partial charge in [-0.25, -0.2) is 0 Å². The van der Waals surface area contributed by atoms with Crippen LogP contribution in [0.25, 0.3) is 0 Å². The third-order valence-electron chi connectivity index (χ3n) is 0. The van der Waals surface area contributed by atoms with Crippen molar-refractivity contribution in [2.45, 2.75) is 6.55 Å². The summed E-state index contributed by atoms with van der Waals surface area (Å²) in [6.45, 7) is -0.0995. The summed E-state index contributed by atoms with van der Waals surface area (Å²) in [6.07, 6.45) is 0. The van der Waals surface area contributed by atoms with Crippen molar-refractivity contribution in [2.75, 3.05) is 0 Å². The lowest BCUT2D eigenvalue weighted by atomic mass is 11.9. The van der Waals surface area contributed by atoms with Crippen molar-refractivity contribution < 1.29 is 0 Å². The molecule has 9 heavy (non-hydrogen) atoms. The normalized spacial score (nSPS) is 10.7. The van der Waals surface area contributed by atoms with Gasteiger partial charge in [-0.05, 0) is 6.55 Å². The Bertz CT molecular complexity index is 47.8. The predicted octanol–water partition coefficient (Wildman–Crippen LogP) is 3.69. The number of hydrogen-bond donors (Lipinski definition) is 0. The van der Waals surface area contributed by atoms with E-state index in [4.69, 9.17) is 66.5 Å². The minimum atomic E-state index is -2.19. The third kappa shape index (κ3) is 144. The Labute approximate surface area is 85.2 Å². The maximum absolute atomic E-state index is 5.20. The molecule has 0 heterocycles. The van der Waals surface area contributed by atoms with Crippen LogP contribution in [0.5, 0.6) is 0 Å². The van der Waals surface area contributed by atoms with E-state index >= 15 is 0 Å². The lowest BCUT2D eigenvalue weighted by molar-refractivity contribution is 2.31. The summed E-state index contributed by atoms with van der Waals surface area (Å²) in [5.41, 5.74) is 0. The highest BCUT2D eigenvalue weighted by Crippen LogP contribution is 2.17. The molecule has 0 aromatic heterocycles. The first-order valence-electron chi connectivity index (χ1n) is 1.72. The topological polar surface area (TPSA) is 0 Å². The van der Waals surface area contributed by atoms with Crippen molar-refractivity contribution in [3.8, 4) is 0 Å². The third-order valence-corrected chi connectivity index (χ3v) is 0. The number of halogens is 6. The van der Waals surface area contributed by atoms with Crippen LogP contribution in [0.4, 0.5) is 0 Å². The Morgan fingerprint density at radius 2 is 1.00 bits per heavy atom. The van der Waals surface area contributed by atoms with Crippen molar-refractivity contribution >= 4 is 79.2 Å². The zero-order valence-corrected chi connectivity index (χ0v) is 11.0. The van der Waals surface area contributed by atoms with E-state index in [1.165, 1.54) is 0 Å². The summed E-state index contributed by atoms with van der Waals surface area (Å²) in [5, 5.41) is 0. The second-order valence-electron chi connectivity index (χ2n) is 1.03. The van der Waals surface area contributed by atoms with Gasteiger partial charge in [0.15, 0.2) is 0 Å². The second kappa shape index (κ2) is 6.86. The van der Waals surface area contributed by atoms with Gasteiger partial charge in [0.05, 0.1) is 0 Å². The maximum Gasteiger partial charge on any atom is 0.338 e. The van der Waals surface area contributed by atoms with Crippen LogP contribution in [0.3, 0.4) is 0 Å². The molecule has 0 aromatic rings. The van der Waals surface area contributed by atoms with Crippen molar-refractivity contribution in [3.63, 3.8) is 0 Å². The van der Waals surface area contributed by atoms with Gasteiger partial charge in [0.25, 0.3) is 0 Å². The van der Waals surface area contributed by atoms with Gasteiger partial charge in [0, 0.05) is 0 Å². The molecule has 0 amide bonds. The minimum Gasteiger partial charge on any atom is -0.130 e. The number of hydrogen-bond acceptors (Lipinski definition) is 0. The SMILES string of the molecule is C[Si](Cl)(Cl)Cl.Cl[SiH](Cl)Cl. The minimum absolute atomic E-state index is 1.62. The van der Waals surface area contributed by atoms with E-state index in [0.717, 1.165) is 0 Å². The lowest BCUT2D eigenvalue weighted by Crippen LogP contribution is -1.97. The van der Waals surface area contributed by atoms with Gasteiger partial charge in [-0.3, -0.25) is 0 Å². The molecule has 0 aromatic carbocycles. The zero-order valence-electron chi connectivity index (χ0n) is 4.35. The molecule has 58 valence electrons. The Balaban J connectivity index is 0. The van der Waals surface area contributed by atoms with Crippen molar-refractivity contribution in [1.29, 1.82) is 0 Å². The van der Waals surface area contributed by atoms with Crippen LogP contribution in [-0.4, -0.2) is 12.7 Å². The van der Waals surface area contributed by atoms with Gasteiger partial charge in [-0.15, -0.1) is 66.5 Å². The first kappa shape index (κ1) is 13.7. The summed E-state index contributed by atoms with van der Waals surface area (Å²) in [5.74, 6) is 0. The summed E-state index contributed by atoms with van der Waals surface area (Å²) < 4.78 is 0. The fraction of sp³-hybridized carbons (Fsp3) is 1.00. The quantitative estimate of drug-likeness (QED) is 0.470. The van der Waals surface area contributed by atoms with E-state index in [1.54, 1.807) is 6.55 Å². The standard InChI is InChI=1S/CH3Cl3Si.Cl3HSi/c1-5(2,3)4;1-4(2)3/h1H3;4H. The monoisotopic (exact) mass is 282 g/mol. The molecule has 0 bridgehead atoms. The van der Waals surface area contributed by atoms with Gasteiger partial charge in [0.2, 0.25) is 0 Å². The van der Waals surface area contributed by atoms with Crippen LogP contribution >= 0.6 is 66.5 Å². The molecule has 0 saturated heterocycles. The Hall–Kier alpha value is 2.17. The van der Waals surface area contributed by atoms with Crippen molar-refractivity contribution in [1.82, 2.24) is 0 Å². The van der Waals surface area contributed by atoms with E-state index in [9.17, 15) is 0 Å². The van der Waals surface area contributed by atoms with Crippen molar-refractivity contribution in [2.24, 2.45) is 0 Å². The van der Waals surface area contributed by atoms with Gasteiger partial charge < -0.3 is 0 Å². The van der Waals surface area contributed by atoms with Crippen LogP contribution < -0.4 is 0 Å². The van der Waals surface area contributed by atoms with E-state index in [2.05, 4.69) is 0 Å². The van der Waals surface area contributed by atoms with Crippen LogP contribution in [0, 0.1) is 0 Å². The molecule has 0 atom stereocenters. The molecule has 0 aliphatic heterocycles. The highest BCUT2D eigenvalue weighted by atomic mass is 35.8. The fourth-order valence-electron chi connectivity index (χ4n) is 0. The predicted molar refractivity (Wildman–Crippen MR) is 53.9 cm³/mol. The van der Waals surface area contributed by atoms with Crippen LogP contribution in [0.15, 0.2) is 0 Å². The van der Waals surface area contributed by atoms with Crippen molar-refractivity contribution in [3.05, 3.63) is 0 Å². The second-order valence-corrected chi connectivity index (χ2v) is 17.6. The highest BCUT2D eigenvalue weighted by Gasteiger charge is 2.13. The van der Waals surface area contributed by atoms with Gasteiger partial charge in [-0.2, -0.15) is 0 Å². The Kier molecular flexibility index (Phi) is 10.5. The lowest BCUT2D eigenvalue weighted by Gasteiger charge is -1.89. The van der Waals surface area contributed by atoms with Crippen LogP contribution in [0.1, 0.15) is 0 Å². The van der Waals surface area contributed by atoms with Crippen LogP contribution in [0.2, 0.25) is 6.55 Å². The Morgan fingerprint density at radius 3 is 1.00 bits per heavy atom.